The summed E-state index contributed by atoms with van der Waals surface area (Å²) in [6.07, 6.45) is 0.744. The van der Waals surface area contributed by atoms with Crippen molar-refractivity contribution in [3.63, 3.8) is 0 Å². The van der Waals surface area contributed by atoms with Gasteiger partial charge in [-0.15, -0.1) is 0 Å². The van der Waals surface area contributed by atoms with E-state index in [-0.39, 0.29) is 5.96 Å². The second-order valence-electron chi connectivity index (χ2n) is 4.79. The van der Waals surface area contributed by atoms with Gasteiger partial charge in [0.05, 0.1) is 17.1 Å². The second kappa shape index (κ2) is 6.67. The van der Waals surface area contributed by atoms with Crippen molar-refractivity contribution in [3.8, 4) is 5.75 Å². The summed E-state index contributed by atoms with van der Waals surface area (Å²) in [4.78, 5) is 16.2. The SMILES string of the molecule is CN(C(=N)N)C(=O)c1cc2c(Cl)cc(OCCCN)cc2[nH]1. The van der Waals surface area contributed by atoms with E-state index in [0.717, 1.165) is 11.3 Å². The highest BCUT2D eigenvalue weighted by Crippen LogP contribution is 2.30. The van der Waals surface area contributed by atoms with E-state index in [1.54, 1.807) is 18.2 Å². The first-order valence-corrected chi connectivity index (χ1v) is 7.09. The summed E-state index contributed by atoms with van der Waals surface area (Å²) < 4.78 is 5.56. The molecule has 0 radical (unpaired) electrons. The highest BCUT2D eigenvalue weighted by Gasteiger charge is 2.17. The number of amides is 1. The number of halogens is 1. The van der Waals surface area contributed by atoms with Gasteiger partial charge < -0.3 is 21.2 Å². The molecule has 118 valence electrons. The minimum atomic E-state index is -0.412. The summed E-state index contributed by atoms with van der Waals surface area (Å²) in [5, 5.41) is 8.47. The molecule has 0 aliphatic rings. The molecule has 22 heavy (non-hydrogen) atoms. The number of aromatic amines is 1. The predicted octanol–water partition coefficient (Wildman–Crippen LogP) is 1.51. The lowest BCUT2D eigenvalue weighted by Crippen LogP contribution is -2.38. The number of benzene rings is 1. The van der Waals surface area contributed by atoms with Crippen LogP contribution < -0.4 is 16.2 Å². The van der Waals surface area contributed by atoms with Gasteiger partial charge in [-0.2, -0.15) is 0 Å². The first kappa shape index (κ1) is 16.1. The number of guanidine groups is 1. The fourth-order valence-electron chi connectivity index (χ4n) is 1.93. The van der Waals surface area contributed by atoms with Crippen molar-refractivity contribution in [2.45, 2.75) is 6.42 Å². The van der Waals surface area contributed by atoms with Crippen LogP contribution in [0.2, 0.25) is 5.02 Å². The number of nitrogens with zero attached hydrogens (tertiary/aromatic N) is 1. The molecule has 7 nitrogen and oxygen atoms in total. The quantitative estimate of drug-likeness (QED) is 0.378. The Bertz CT molecular complexity index is 713. The molecule has 1 aromatic heterocycles. The summed E-state index contributed by atoms with van der Waals surface area (Å²) in [7, 11) is 1.43. The molecule has 0 saturated carbocycles. The third-order valence-corrected chi connectivity index (χ3v) is 3.49. The summed E-state index contributed by atoms with van der Waals surface area (Å²) >= 11 is 6.22. The minimum Gasteiger partial charge on any atom is -0.493 e. The third kappa shape index (κ3) is 3.32. The molecule has 2 aromatic rings. The number of fused-ring (bicyclic) bond motifs is 1. The zero-order valence-corrected chi connectivity index (χ0v) is 12.9. The lowest BCUT2D eigenvalue weighted by molar-refractivity contribution is 0.0864. The average molecular weight is 324 g/mol. The first-order valence-electron chi connectivity index (χ1n) is 6.71. The lowest BCUT2D eigenvalue weighted by Gasteiger charge is -2.12. The van der Waals surface area contributed by atoms with Crippen LogP contribution in [-0.4, -0.2) is 41.9 Å². The maximum Gasteiger partial charge on any atom is 0.276 e. The normalized spacial score (nSPS) is 10.7. The third-order valence-electron chi connectivity index (χ3n) is 3.17. The Balaban J connectivity index is 2.31. The van der Waals surface area contributed by atoms with Crippen LogP contribution in [0.25, 0.3) is 10.9 Å². The average Bonchev–Trinajstić information content (AvgIpc) is 2.90. The van der Waals surface area contributed by atoms with Gasteiger partial charge in [-0.1, -0.05) is 11.6 Å². The minimum absolute atomic E-state index is 0.300. The van der Waals surface area contributed by atoms with E-state index in [1.165, 1.54) is 7.05 Å². The van der Waals surface area contributed by atoms with Gasteiger partial charge in [0, 0.05) is 18.5 Å². The number of carbonyl (C=O) groups is 1. The first-order chi connectivity index (χ1) is 10.4. The molecule has 1 amide bonds. The van der Waals surface area contributed by atoms with Gasteiger partial charge in [0.2, 0.25) is 0 Å². The Labute approximate surface area is 132 Å². The van der Waals surface area contributed by atoms with Gasteiger partial charge in [-0.05, 0) is 25.1 Å². The fraction of sp³-hybridized carbons (Fsp3) is 0.286. The summed E-state index contributed by atoms with van der Waals surface area (Å²) in [6.45, 7) is 1.05. The number of H-pyrrole nitrogens is 1. The zero-order valence-electron chi connectivity index (χ0n) is 12.1. The second-order valence-corrected chi connectivity index (χ2v) is 5.20. The Morgan fingerprint density at radius 1 is 1.45 bits per heavy atom. The zero-order chi connectivity index (χ0) is 16.3. The molecular weight excluding hydrogens is 306 g/mol. The summed E-state index contributed by atoms with van der Waals surface area (Å²) in [5.74, 6) is -0.141. The van der Waals surface area contributed by atoms with Crippen molar-refractivity contribution in [3.05, 3.63) is 28.9 Å². The molecule has 8 heteroatoms. The monoisotopic (exact) mass is 323 g/mol. The van der Waals surface area contributed by atoms with E-state index in [2.05, 4.69) is 4.98 Å². The molecule has 0 saturated heterocycles. The molecule has 2 rings (SSSR count). The van der Waals surface area contributed by atoms with Gasteiger partial charge in [-0.25, -0.2) is 0 Å². The molecule has 0 bridgehead atoms. The van der Waals surface area contributed by atoms with Crippen molar-refractivity contribution in [1.29, 1.82) is 5.41 Å². The van der Waals surface area contributed by atoms with Crippen LogP contribution in [0.3, 0.4) is 0 Å². The highest BCUT2D eigenvalue weighted by atomic mass is 35.5. The molecule has 0 aliphatic carbocycles. The van der Waals surface area contributed by atoms with Gasteiger partial charge in [0.15, 0.2) is 5.96 Å². The van der Waals surface area contributed by atoms with Crippen LogP contribution in [0.4, 0.5) is 0 Å². The predicted molar refractivity (Wildman–Crippen MR) is 86.5 cm³/mol. The molecule has 0 unspecified atom stereocenters. The summed E-state index contributed by atoms with van der Waals surface area (Å²) in [5.41, 5.74) is 11.7. The van der Waals surface area contributed by atoms with Gasteiger partial charge >= 0.3 is 0 Å². The molecule has 0 spiro atoms. The molecule has 1 aromatic carbocycles. The molecule has 0 aliphatic heterocycles. The van der Waals surface area contributed by atoms with Crippen molar-refractivity contribution >= 4 is 34.4 Å². The number of carbonyl (C=O) groups excluding carboxylic acids is 1. The van der Waals surface area contributed by atoms with Gasteiger partial charge in [-0.3, -0.25) is 15.1 Å². The fourth-order valence-corrected chi connectivity index (χ4v) is 2.19. The van der Waals surface area contributed by atoms with Crippen LogP contribution in [0.15, 0.2) is 18.2 Å². The van der Waals surface area contributed by atoms with E-state index in [1.807, 2.05) is 0 Å². The smallest absolute Gasteiger partial charge is 0.276 e. The lowest BCUT2D eigenvalue weighted by atomic mass is 10.2. The van der Waals surface area contributed by atoms with Crippen molar-refractivity contribution in [1.82, 2.24) is 9.88 Å². The Hall–Kier alpha value is -2.25. The number of ether oxygens (including phenoxy) is 1. The van der Waals surface area contributed by atoms with E-state index >= 15 is 0 Å². The maximum absolute atomic E-state index is 12.1. The molecule has 0 atom stereocenters. The van der Waals surface area contributed by atoms with E-state index in [4.69, 9.17) is 33.2 Å². The van der Waals surface area contributed by atoms with E-state index < -0.39 is 5.91 Å². The van der Waals surface area contributed by atoms with Crippen molar-refractivity contribution in [2.24, 2.45) is 11.5 Å². The number of rotatable bonds is 5. The molecule has 6 N–H and O–H groups in total. The number of hydrogen-bond donors (Lipinski definition) is 4. The number of hydrogen-bond acceptors (Lipinski definition) is 4. The van der Waals surface area contributed by atoms with Crippen LogP contribution >= 0.6 is 11.6 Å². The van der Waals surface area contributed by atoms with Gasteiger partial charge in [0.1, 0.15) is 11.4 Å². The highest BCUT2D eigenvalue weighted by molar-refractivity contribution is 6.35. The van der Waals surface area contributed by atoms with Crippen LogP contribution in [0.5, 0.6) is 5.75 Å². The molecular formula is C14H18ClN5O2. The largest absolute Gasteiger partial charge is 0.493 e. The van der Waals surface area contributed by atoms with E-state index in [0.29, 0.717) is 40.5 Å². The number of nitrogens with two attached hydrogens (primary N) is 2. The Morgan fingerprint density at radius 2 is 2.18 bits per heavy atom. The van der Waals surface area contributed by atoms with Crippen LogP contribution in [-0.2, 0) is 0 Å². The Morgan fingerprint density at radius 3 is 2.82 bits per heavy atom. The van der Waals surface area contributed by atoms with Gasteiger partial charge in [0.25, 0.3) is 5.91 Å². The summed E-state index contributed by atoms with van der Waals surface area (Å²) in [6, 6.07) is 5.09. The Kier molecular flexibility index (Phi) is 4.89. The topological polar surface area (TPSA) is 121 Å². The maximum atomic E-state index is 12.1. The van der Waals surface area contributed by atoms with Crippen LogP contribution in [0.1, 0.15) is 16.9 Å². The molecule has 1 heterocycles. The van der Waals surface area contributed by atoms with Crippen LogP contribution in [0, 0.1) is 5.41 Å². The molecule has 0 fully saturated rings. The number of nitrogens with one attached hydrogen (secondary N) is 2. The number of aromatic nitrogens is 1. The van der Waals surface area contributed by atoms with E-state index in [9.17, 15) is 4.79 Å². The van der Waals surface area contributed by atoms with Crippen molar-refractivity contribution in [2.75, 3.05) is 20.2 Å². The van der Waals surface area contributed by atoms with Crippen molar-refractivity contribution < 1.29 is 9.53 Å². The standard InChI is InChI=1S/C14H18ClN5O2/c1-20(14(17)18)13(21)12-7-9-10(15)5-8(6-11(9)19-12)22-4-2-3-16/h5-7,19H,2-4,16H2,1H3,(H3,17,18).